The van der Waals surface area contributed by atoms with Crippen molar-refractivity contribution in [3.8, 4) is 5.75 Å². The lowest BCUT2D eigenvalue weighted by Crippen LogP contribution is -2.16. The van der Waals surface area contributed by atoms with Crippen LogP contribution >= 0.6 is 0 Å². The maximum Gasteiger partial charge on any atom is 0.272 e. The zero-order valence-corrected chi connectivity index (χ0v) is 9.25. The van der Waals surface area contributed by atoms with Gasteiger partial charge >= 0.3 is 0 Å². The fourth-order valence-electron chi connectivity index (χ4n) is 1.24. The maximum absolute atomic E-state index is 12.0. The Morgan fingerprint density at radius 2 is 2.31 bits per heavy atom. The molecule has 0 atom stereocenters. The number of halogens is 2. The van der Waals surface area contributed by atoms with Gasteiger partial charge in [0.15, 0.2) is 0 Å². The number of hydrogen-bond acceptors (Lipinski definition) is 3. The summed E-state index contributed by atoms with van der Waals surface area (Å²) in [5.41, 5.74) is 0.851. The summed E-state index contributed by atoms with van der Waals surface area (Å²) in [4.78, 5) is 3.85. The molecule has 5 heteroatoms. The zero-order valence-electron chi connectivity index (χ0n) is 9.25. The van der Waals surface area contributed by atoms with Gasteiger partial charge in [0.2, 0.25) is 0 Å². The molecular formula is C11H16F2N2O. The minimum atomic E-state index is -2.46. The van der Waals surface area contributed by atoms with Crippen LogP contribution in [0.5, 0.6) is 5.75 Å². The van der Waals surface area contributed by atoms with Gasteiger partial charge in [0, 0.05) is 18.3 Å². The van der Waals surface area contributed by atoms with Gasteiger partial charge in [-0.05, 0) is 19.0 Å². The standard InChI is InChI=1S/C11H16F2N2O/c1-2-4-14-6-9-3-5-15-7-10(9)16-8-11(12)13/h3,5,7,11,14H,2,4,6,8H2,1H3. The van der Waals surface area contributed by atoms with Crippen LogP contribution in [0, 0.1) is 0 Å². The predicted molar refractivity (Wildman–Crippen MR) is 57.7 cm³/mol. The van der Waals surface area contributed by atoms with E-state index >= 15 is 0 Å². The molecule has 3 nitrogen and oxygen atoms in total. The molecule has 1 aromatic rings. The first-order chi connectivity index (χ1) is 7.74. The summed E-state index contributed by atoms with van der Waals surface area (Å²) in [5.74, 6) is 0.423. The van der Waals surface area contributed by atoms with Crippen molar-refractivity contribution in [1.29, 1.82) is 0 Å². The van der Waals surface area contributed by atoms with E-state index in [1.165, 1.54) is 6.20 Å². The van der Waals surface area contributed by atoms with Gasteiger partial charge in [-0.3, -0.25) is 4.98 Å². The Hall–Kier alpha value is -1.23. The Kier molecular flexibility index (Phi) is 5.71. The third-order valence-corrected chi connectivity index (χ3v) is 1.98. The van der Waals surface area contributed by atoms with Crippen LogP contribution < -0.4 is 10.1 Å². The Labute approximate surface area is 93.8 Å². The predicted octanol–water partition coefficient (Wildman–Crippen LogP) is 2.23. The smallest absolute Gasteiger partial charge is 0.272 e. The van der Waals surface area contributed by atoms with E-state index in [-0.39, 0.29) is 0 Å². The molecule has 0 spiro atoms. The van der Waals surface area contributed by atoms with Crippen LogP contribution in [-0.4, -0.2) is 24.6 Å². The molecule has 1 aromatic heterocycles. The van der Waals surface area contributed by atoms with E-state index in [0.29, 0.717) is 12.3 Å². The van der Waals surface area contributed by atoms with Gasteiger partial charge in [-0.15, -0.1) is 0 Å². The number of nitrogens with zero attached hydrogens (tertiary/aromatic N) is 1. The molecule has 0 aliphatic carbocycles. The van der Waals surface area contributed by atoms with Crippen molar-refractivity contribution in [2.75, 3.05) is 13.2 Å². The average Bonchev–Trinajstić information content (AvgIpc) is 2.28. The largest absolute Gasteiger partial charge is 0.486 e. The number of hydrogen-bond donors (Lipinski definition) is 1. The summed E-state index contributed by atoms with van der Waals surface area (Å²) >= 11 is 0. The van der Waals surface area contributed by atoms with Crippen LogP contribution in [0.1, 0.15) is 18.9 Å². The van der Waals surface area contributed by atoms with Gasteiger partial charge in [-0.2, -0.15) is 0 Å². The van der Waals surface area contributed by atoms with Gasteiger partial charge in [0.25, 0.3) is 6.43 Å². The van der Waals surface area contributed by atoms with Crippen molar-refractivity contribution in [3.05, 3.63) is 24.0 Å². The highest BCUT2D eigenvalue weighted by atomic mass is 19.3. The highest BCUT2D eigenvalue weighted by Gasteiger charge is 2.07. The third kappa shape index (κ3) is 4.53. The summed E-state index contributed by atoms with van der Waals surface area (Å²) in [6.07, 6.45) is 1.65. The highest BCUT2D eigenvalue weighted by molar-refractivity contribution is 5.29. The van der Waals surface area contributed by atoms with Crippen LogP contribution in [-0.2, 0) is 6.54 Å². The molecule has 0 aliphatic heterocycles. The Balaban J connectivity index is 2.53. The average molecular weight is 230 g/mol. The topological polar surface area (TPSA) is 34.2 Å². The molecule has 0 aromatic carbocycles. The molecule has 16 heavy (non-hydrogen) atoms. The Morgan fingerprint density at radius 1 is 1.50 bits per heavy atom. The van der Waals surface area contributed by atoms with E-state index in [2.05, 4.69) is 17.2 Å². The molecule has 0 aliphatic rings. The van der Waals surface area contributed by atoms with E-state index < -0.39 is 13.0 Å². The van der Waals surface area contributed by atoms with E-state index in [9.17, 15) is 8.78 Å². The van der Waals surface area contributed by atoms with Gasteiger partial charge in [0.05, 0.1) is 6.20 Å². The minimum absolute atomic E-state index is 0.423. The van der Waals surface area contributed by atoms with E-state index in [1.54, 1.807) is 12.3 Å². The van der Waals surface area contributed by atoms with Crippen LogP contribution in [0.2, 0.25) is 0 Å². The minimum Gasteiger partial charge on any atom is -0.486 e. The van der Waals surface area contributed by atoms with Crippen molar-refractivity contribution in [2.45, 2.75) is 26.3 Å². The quantitative estimate of drug-likeness (QED) is 0.729. The summed E-state index contributed by atoms with van der Waals surface area (Å²) in [6, 6.07) is 1.77. The van der Waals surface area contributed by atoms with Crippen LogP contribution in [0.15, 0.2) is 18.5 Å². The molecule has 0 bridgehead atoms. The Morgan fingerprint density at radius 3 is 3.00 bits per heavy atom. The first-order valence-corrected chi connectivity index (χ1v) is 5.28. The molecule has 0 fully saturated rings. The van der Waals surface area contributed by atoms with Gasteiger partial charge in [-0.25, -0.2) is 8.78 Å². The first-order valence-electron chi connectivity index (χ1n) is 5.28. The molecule has 0 saturated heterocycles. The molecule has 0 unspecified atom stereocenters. The van der Waals surface area contributed by atoms with Crippen molar-refractivity contribution >= 4 is 0 Å². The number of nitrogens with one attached hydrogen (secondary N) is 1. The highest BCUT2D eigenvalue weighted by Crippen LogP contribution is 2.16. The second-order valence-electron chi connectivity index (χ2n) is 3.36. The van der Waals surface area contributed by atoms with Crippen molar-refractivity contribution < 1.29 is 13.5 Å². The Bertz CT molecular complexity index is 308. The molecule has 0 saturated carbocycles. The summed E-state index contributed by atoms with van der Waals surface area (Å²) < 4.78 is 29.0. The van der Waals surface area contributed by atoms with Gasteiger partial charge in [-0.1, -0.05) is 6.92 Å². The number of pyridine rings is 1. The normalized spacial score (nSPS) is 10.8. The second kappa shape index (κ2) is 7.11. The monoisotopic (exact) mass is 230 g/mol. The van der Waals surface area contributed by atoms with Crippen LogP contribution in [0.4, 0.5) is 8.78 Å². The van der Waals surface area contributed by atoms with Crippen molar-refractivity contribution in [3.63, 3.8) is 0 Å². The molecule has 0 radical (unpaired) electrons. The van der Waals surface area contributed by atoms with Crippen molar-refractivity contribution in [1.82, 2.24) is 10.3 Å². The molecule has 90 valence electrons. The SMILES string of the molecule is CCCNCc1ccncc1OCC(F)F. The van der Waals surface area contributed by atoms with E-state index in [0.717, 1.165) is 18.5 Å². The first kappa shape index (κ1) is 12.8. The fourth-order valence-corrected chi connectivity index (χ4v) is 1.24. The zero-order chi connectivity index (χ0) is 11.8. The van der Waals surface area contributed by atoms with Gasteiger partial charge in [0.1, 0.15) is 12.4 Å². The summed E-state index contributed by atoms with van der Waals surface area (Å²) in [7, 11) is 0. The second-order valence-corrected chi connectivity index (χ2v) is 3.36. The van der Waals surface area contributed by atoms with Crippen LogP contribution in [0.25, 0.3) is 0 Å². The molecule has 1 heterocycles. The fraction of sp³-hybridized carbons (Fsp3) is 0.545. The number of ether oxygens (including phenoxy) is 1. The molecular weight excluding hydrogens is 214 g/mol. The van der Waals surface area contributed by atoms with E-state index in [4.69, 9.17) is 4.74 Å². The lowest BCUT2D eigenvalue weighted by Gasteiger charge is -2.10. The maximum atomic E-state index is 12.0. The number of alkyl halides is 2. The summed E-state index contributed by atoms with van der Waals surface area (Å²) in [6.45, 7) is 2.96. The van der Waals surface area contributed by atoms with E-state index in [1.807, 2.05) is 0 Å². The van der Waals surface area contributed by atoms with Gasteiger partial charge < -0.3 is 10.1 Å². The van der Waals surface area contributed by atoms with Crippen molar-refractivity contribution in [2.24, 2.45) is 0 Å². The number of aromatic nitrogens is 1. The molecule has 1 rings (SSSR count). The molecule has 0 amide bonds. The third-order valence-electron chi connectivity index (χ3n) is 1.98. The summed E-state index contributed by atoms with van der Waals surface area (Å²) in [5, 5.41) is 3.18. The molecule has 1 N–H and O–H groups in total. The van der Waals surface area contributed by atoms with Crippen LogP contribution in [0.3, 0.4) is 0 Å². The lowest BCUT2D eigenvalue weighted by molar-refractivity contribution is 0.0812. The lowest BCUT2D eigenvalue weighted by atomic mass is 10.2. The number of rotatable bonds is 7.